The highest BCUT2D eigenvalue weighted by Gasteiger charge is 2.32. The smallest absolute Gasteiger partial charge is 0.266 e. The largest absolute Gasteiger partial charge is 0.495 e. The van der Waals surface area contributed by atoms with E-state index in [4.69, 9.17) is 21.3 Å². The van der Waals surface area contributed by atoms with Crippen molar-refractivity contribution in [2.75, 3.05) is 20.7 Å². The summed E-state index contributed by atoms with van der Waals surface area (Å²) in [6.07, 6.45) is 0.703. The highest BCUT2D eigenvalue weighted by atomic mass is 35.5. The zero-order valence-corrected chi connectivity index (χ0v) is 17.9. The van der Waals surface area contributed by atoms with Crippen LogP contribution in [0.2, 0.25) is 5.02 Å². The van der Waals surface area contributed by atoms with Crippen molar-refractivity contribution in [3.8, 4) is 11.4 Å². The van der Waals surface area contributed by atoms with Crippen molar-refractivity contribution < 1.29 is 9.53 Å². The Kier molecular flexibility index (Phi) is 5.27. The minimum atomic E-state index is -0.286. The molecule has 0 radical (unpaired) electrons. The monoisotopic (exact) mass is 429 g/mol. The molecule has 0 N–H and O–H groups in total. The van der Waals surface area contributed by atoms with Crippen LogP contribution in [0.25, 0.3) is 16.6 Å². The molecule has 3 aromatic rings. The molecule has 0 bridgehead atoms. The SMILES string of the molecule is COc1ccc(C)cc1-n1c(SC2CCN(C)C2=O)nc2cc(Cl)ccc2c1=O. The van der Waals surface area contributed by atoms with Crippen LogP contribution in [0.4, 0.5) is 0 Å². The molecule has 1 aliphatic rings. The molecule has 1 atom stereocenters. The molecule has 2 heterocycles. The van der Waals surface area contributed by atoms with Crippen LogP contribution >= 0.6 is 23.4 Å². The first kappa shape index (κ1) is 19.8. The van der Waals surface area contributed by atoms with E-state index < -0.39 is 0 Å². The molecular formula is C21H20ClN3O3S. The second-order valence-electron chi connectivity index (χ2n) is 7.03. The van der Waals surface area contributed by atoms with Crippen LogP contribution in [-0.4, -0.2) is 46.3 Å². The molecule has 4 rings (SSSR count). The summed E-state index contributed by atoms with van der Waals surface area (Å²) < 4.78 is 7.05. The number of nitrogens with zero attached hydrogens (tertiary/aromatic N) is 3. The summed E-state index contributed by atoms with van der Waals surface area (Å²) in [6, 6.07) is 10.6. The zero-order valence-electron chi connectivity index (χ0n) is 16.3. The molecule has 0 saturated carbocycles. The average Bonchev–Trinajstić information content (AvgIpc) is 3.00. The van der Waals surface area contributed by atoms with E-state index in [0.29, 0.717) is 45.5 Å². The van der Waals surface area contributed by atoms with Gasteiger partial charge in [0.1, 0.15) is 5.75 Å². The quantitative estimate of drug-likeness (QED) is 0.592. The van der Waals surface area contributed by atoms with Gasteiger partial charge in [0, 0.05) is 18.6 Å². The minimum Gasteiger partial charge on any atom is -0.495 e. The fourth-order valence-corrected chi connectivity index (χ4v) is 4.79. The van der Waals surface area contributed by atoms with Gasteiger partial charge in [-0.3, -0.25) is 14.2 Å². The van der Waals surface area contributed by atoms with Crippen molar-refractivity contribution in [3.63, 3.8) is 0 Å². The van der Waals surface area contributed by atoms with Crippen LogP contribution in [-0.2, 0) is 4.79 Å². The summed E-state index contributed by atoms with van der Waals surface area (Å²) in [7, 11) is 3.35. The number of carbonyl (C=O) groups excluding carboxylic acids is 1. The van der Waals surface area contributed by atoms with Gasteiger partial charge in [0.15, 0.2) is 5.16 Å². The molecule has 150 valence electrons. The predicted octanol–water partition coefficient (Wildman–Crippen LogP) is 3.68. The summed E-state index contributed by atoms with van der Waals surface area (Å²) in [5, 5.41) is 1.12. The maximum absolute atomic E-state index is 13.5. The highest BCUT2D eigenvalue weighted by Crippen LogP contribution is 2.33. The molecule has 1 fully saturated rings. The van der Waals surface area contributed by atoms with E-state index in [-0.39, 0.29) is 16.7 Å². The van der Waals surface area contributed by atoms with Gasteiger partial charge >= 0.3 is 0 Å². The van der Waals surface area contributed by atoms with E-state index in [1.807, 2.05) is 25.1 Å². The third-order valence-corrected chi connectivity index (χ3v) is 6.44. The highest BCUT2D eigenvalue weighted by molar-refractivity contribution is 8.00. The lowest BCUT2D eigenvalue weighted by Crippen LogP contribution is -2.26. The fourth-order valence-electron chi connectivity index (χ4n) is 3.43. The van der Waals surface area contributed by atoms with Crippen molar-refractivity contribution in [2.24, 2.45) is 0 Å². The molecule has 1 amide bonds. The van der Waals surface area contributed by atoms with Crippen molar-refractivity contribution >= 4 is 40.2 Å². The third-order valence-electron chi connectivity index (χ3n) is 5.00. The Labute approximate surface area is 177 Å². The Balaban J connectivity index is 1.97. The lowest BCUT2D eigenvalue weighted by molar-refractivity contribution is -0.126. The molecule has 1 aliphatic heterocycles. The molecule has 1 aromatic heterocycles. The number of amides is 1. The molecule has 2 aromatic carbocycles. The van der Waals surface area contributed by atoms with Gasteiger partial charge in [0.05, 0.1) is 29.0 Å². The third kappa shape index (κ3) is 3.60. The number of aryl methyl sites for hydroxylation is 1. The van der Waals surface area contributed by atoms with Gasteiger partial charge in [-0.25, -0.2) is 4.98 Å². The number of likely N-dealkylation sites (tertiary alicyclic amines) is 1. The number of aromatic nitrogens is 2. The minimum absolute atomic E-state index is 0.0400. The van der Waals surface area contributed by atoms with Crippen LogP contribution in [0, 0.1) is 6.92 Å². The Morgan fingerprint density at radius 3 is 2.69 bits per heavy atom. The van der Waals surface area contributed by atoms with Crippen LogP contribution in [0.1, 0.15) is 12.0 Å². The number of methoxy groups -OCH3 is 1. The summed E-state index contributed by atoms with van der Waals surface area (Å²) in [6.45, 7) is 2.64. The van der Waals surface area contributed by atoms with E-state index in [1.54, 1.807) is 41.8 Å². The van der Waals surface area contributed by atoms with Crippen molar-refractivity contribution in [2.45, 2.75) is 23.8 Å². The lowest BCUT2D eigenvalue weighted by atomic mass is 10.2. The number of carbonyl (C=O) groups is 1. The summed E-state index contributed by atoms with van der Waals surface area (Å²) >= 11 is 7.43. The van der Waals surface area contributed by atoms with Gasteiger partial charge < -0.3 is 9.64 Å². The van der Waals surface area contributed by atoms with E-state index in [9.17, 15) is 9.59 Å². The summed E-state index contributed by atoms with van der Waals surface area (Å²) in [5.74, 6) is 0.600. The molecule has 29 heavy (non-hydrogen) atoms. The number of hydrogen-bond acceptors (Lipinski definition) is 5. The number of benzene rings is 2. The predicted molar refractivity (Wildman–Crippen MR) is 116 cm³/mol. The molecule has 0 aliphatic carbocycles. The number of halogens is 1. The van der Waals surface area contributed by atoms with Crippen molar-refractivity contribution in [3.05, 3.63) is 57.3 Å². The van der Waals surface area contributed by atoms with Crippen molar-refractivity contribution in [1.82, 2.24) is 14.5 Å². The van der Waals surface area contributed by atoms with E-state index in [1.165, 1.54) is 11.8 Å². The first-order valence-corrected chi connectivity index (χ1v) is 10.4. The molecule has 6 nitrogen and oxygen atoms in total. The number of rotatable bonds is 4. The Morgan fingerprint density at radius 2 is 2.00 bits per heavy atom. The fraction of sp³-hybridized carbons (Fsp3) is 0.286. The van der Waals surface area contributed by atoms with Gasteiger partial charge in [0.2, 0.25) is 5.91 Å². The topological polar surface area (TPSA) is 64.4 Å². The number of fused-ring (bicyclic) bond motifs is 1. The number of ether oxygens (including phenoxy) is 1. The number of hydrogen-bond donors (Lipinski definition) is 0. The Morgan fingerprint density at radius 1 is 1.21 bits per heavy atom. The van der Waals surface area contributed by atoms with E-state index >= 15 is 0 Å². The second kappa shape index (κ2) is 7.72. The first-order valence-electron chi connectivity index (χ1n) is 9.18. The van der Waals surface area contributed by atoms with E-state index in [0.717, 1.165) is 5.56 Å². The van der Waals surface area contributed by atoms with E-state index in [2.05, 4.69) is 0 Å². The van der Waals surface area contributed by atoms with Gasteiger partial charge in [-0.15, -0.1) is 0 Å². The molecule has 8 heteroatoms. The summed E-state index contributed by atoms with van der Waals surface area (Å²) in [4.78, 5) is 32.4. The van der Waals surface area contributed by atoms with Crippen LogP contribution < -0.4 is 10.3 Å². The van der Waals surface area contributed by atoms with Gasteiger partial charge in [-0.1, -0.05) is 29.4 Å². The maximum atomic E-state index is 13.5. The molecule has 0 spiro atoms. The van der Waals surface area contributed by atoms with Gasteiger partial charge in [-0.05, 0) is 49.2 Å². The molecular weight excluding hydrogens is 410 g/mol. The normalized spacial score (nSPS) is 16.6. The average molecular weight is 430 g/mol. The molecule has 1 saturated heterocycles. The second-order valence-corrected chi connectivity index (χ2v) is 8.63. The van der Waals surface area contributed by atoms with Crippen LogP contribution in [0.3, 0.4) is 0 Å². The standard InChI is InChI=1S/C21H20ClN3O3S/c1-12-4-7-17(28-3)16(10-12)25-19(26)14-6-5-13(22)11-15(14)23-21(25)29-18-8-9-24(2)20(18)27/h4-7,10-11,18H,8-9H2,1-3H3. The number of thioether (sulfide) groups is 1. The van der Waals surface area contributed by atoms with Crippen LogP contribution in [0.15, 0.2) is 46.3 Å². The Bertz CT molecular complexity index is 1180. The van der Waals surface area contributed by atoms with Crippen LogP contribution in [0.5, 0.6) is 5.75 Å². The maximum Gasteiger partial charge on any atom is 0.266 e. The van der Waals surface area contributed by atoms with Crippen molar-refractivity contribution in [1.29, 1.82) is 0 Å². The summed E-state index contributed by atoms with van der Waals surface area (Å²) in [5.41, 5.74) is 1.86. The Hall–Kier alpha value is -2.51. The molecule has 1 unspecified atom stereocenters. The van der Waals surface area contributed by atoms with Gasteiger partial charge in [-0.2, -0.15) is 0 Å². The van der Waals surface area contributed by atoms with Gasteiger partial charge in [0.25, 0.3) is 5.56 Å². The zero-order chi connectivity index (χ0) is 20.7. The first-order chi connectivity index (χ1) is 13.9. The lowest BCUT2D eigenvalue weighted by Gasteiger charge is -2.18.